The number of amides is 1. The molecule has 3 rings (SSSR count). The van der Waals surface area contributed by atoms with Gasteiger partial charge in [-0.2, -0.15) is 0 Å². The summed E-state index contributed by atoms with van der Waals surface area (Å²) in [5, 5.41) is 5.59. The lowest BCUT2D eigenvalue weighted by molar-refractivity contribution is -0.121. The summed E-state index contributed by atoms with van der Waals surface area (Å²) in [4.78, 5) is 12.1. The number of benzene rings is 3. The second-order valence-electron chi connectivity index (χ2n) is 7.20. The number of nitrogens with one attached hydrogen (secondary N) is 1. The van der Waals surface area contributed by atoms with Crippen LogP contribution in [-0.2, 0) is 21.2 Å². The third kappa shape index (κ3) is 6.21. The van der Waals surface area contributed by atoms with Gasteiger partial charge in [0.15, 0.2) is 0 Å². The lowest BCUT2D eigenvalue weighted by atomic mass is 10.1. The zero-order valence-corrected chi connectivity index (χ0v) is 18.4. The summed E-state index contributed by atoms with van der Waals surface area (Å²) in [6.07, 6.45) is 2.61. The minimum Gasteiger partial charge on any atom is -0.356 e. The van der Waals surface area contributed by atoms with Crippen LogP contribution in [0.5, 0.6) is 0 Å². The number of carbonyl (C=O) groups is 1. The Morgan fingerprint density at radius 2 is 1.70 bits per heavy atom. The topological polar surface area (TPSA) is 66.5 Å². The van der Waals surface area contributed by atoms with Crippen molar-refractivity contribution in [2.24, 2.45) is 0 Å². The molecule has 0 aliphatic heterocycles. The molecule has 0 aliphatic carbocycles. The fraction of sp³-hybridized carbons (Fsp3) is 0.261. The average Bonchev–Trinajstić information content (AvgIpc) is 2.71. The summed E-state index contributed by atoms with van der Waals surface area (Å²) in [5.41, 5.74) is 1.71. The summed E-state index contributed by atoms with van der Waals surface area (Å²) < 4.78 is 26.0. The van der Waals surface area contributed by atoms with Crippen LogP contribution in [-0.4, -0.2) is 33.7 Å². The molecule has 158 valence electrons. The van der Waals surface area contributed by atoms with Crippen LogP contribution in [0.3, 0.4) is 0 Å². The zero-order chi connectivity index (χ0) is 21.6. The van der Waals surface area contributed by atoms with E-state index in [1.54, 1.807) is 6.07 Å². The first-order valence-corrected chi connectivity index (χ1v) is 12.0. The van der Waals surface area contributed by atoms with Crippen molar-refractivity contribution in [3.63, 3.8) is 0 Å². The van der Waals surface area contributed by atoms with Crippen molar-refractivity contribution in [2.45, 2.75) is 19.3 Å². The molecule has 0 spiro atoms. The van der Waals surface area contributed by atoms with Crippen LogP contribution in [0.2, 0.25) is 5.02 Å². The van der Waals surface area contributed by atoms with Crippen LogP contribution in [0.1, 0.15) is 18.4 Å². The molecule has 3 aromatic carbocycles. The van der Waals surface area contributed by atoms with Gasteiger partial charge in [0.1, 0.15) is 0 Å². The van der Waals surface area contributed by atoms with Crippen LogP contribution >= 0.6 is 11.6 Å². The summed E-state index contributed by atoms with van der Waals surface area (Å²) in [5.74, 6) is -0.0871. The van der Waals surface area contributed by atoms with E-state index in [1.807, 2.05) is 60.7 Å². The Labute approximate surface area is 182 Å². The maximum Gasteiger partial charge on any atom is 0.232 e. The molecule has 0 atom stereocenters. The summed E-state index contributed by atoms with van der Waals surface area (Å²) in [7, 11) is -3.45. The van der Waals surface area contributed by atoms with Gasteiger partial charge in [0.2, 0.25) is 15.9 Å². The van der Waals surface area contributed by atoms with Gasteiger partial charge in [0.25, 0.3) is 0 Å². The molecule has 0 aliphatic rings. The number of hydrogen-bond donors (Lipinski definition) is 1. The highest BCUT2D eigenvalue weighted by Crippen LogP contribution is 2.24. The maximum absolute atomic E-state index is 12.3. The van der Waals surface area contributed by atoms with Gasteiger partial charge in [-0.1, -0.05) is 54.1 Å². The molecule has 0 bridgehead atoms. The average molecular weight is 445 g/mol. The monoisotopic (exact) mass is 444 g/mol. The predicted molar refractivity (Wildman–Crippen MR) is 124 cm³/mol. The number of anilines is 1. The minimum atomic E-state index is -3.45. The molecular weight excluding hydrogens is 420 g/mol. The van der Waals surface area contributed by atoms with Crippen LogP contribution in [0.15, 0.2) is 66.7 Å². The van der Waals surface area contributed by atoms with Gasteiger partial charge in [0, 0.05) is 24.5 Å². The van der Waals surface area contributed by atoms with Gasteiger partial charge in [0.05, 0.1) is 11.9 Å². The summed E-state index contributed by atoms with van der Waals surface area (Å²) in [6, 6.07) is 20.9. The molecule has 1 N–H and O–H groups in total. The van der Waals surface area contributed by atoms with Gasteiger partial charge < -0.3 is 5.32 Å². The Bertz CT molecular complexity index is 1110. The Balaban J connectivity index is 1.53. The number of halogens is 1. The number of carbonyl (C=O) groups excluding carboxylic acids is 1. The zero-order valence-electron chi connectivity index (χ0n) is 16.8. The van der Waals surface area contributed by atoms with Gasteiger partial charge in [-0.15, -0.1) is 0 Å². The van der Waals surface area contributed by atoms with Crippen molar-refractivity contribution in [2.75, 3.05) is 23.7 Å². The molecular formula is C23H25ClN2O3S. The third-order valence-electron chi connectivity index (χ3n) is 4.84. The molecule has 7 heteroatoms. The second kappa shape index (κ2) is 9.96. The maximum atomic E-state index is 12.3. The molecule has 0 saturated carbocycles. The molecule has 1 amide bonds. The molecule has 0 saturated heterocycles. The van der Waals surface area contributed by atoms with E-state index in [2.05, 4.69) is 5.32 Å². The largest absolute Gasteiger partial charge is 0.356 e. The SMILES string of the molecule is CS(=O)(=O)N(CCCC(=O)NCCc1ccc(Cl)cc1)c1ccc2ccccc2c1. The number of rotatable bonds is 9. The lowest BCUT2D eigenvalue weighted by Gasteiger charge is -2.22. The standard InChI is InChI=1S/C23H25ClN2O3S/c1-30(28,29)26(22-13-10-19-5-2-3-6-20(19)17-22)16-4-7-23(27)25-15-14-18-8-11-21(24)12-9-18/h2-3,5-6,8-13,17H,4,7,14-16H2,1H3,(H,25,27). The van der Waals surface area contributed by atoms with Crippen molar-refractivity contribution >= 4 is 44.0 Å². The first kappa shape index (κ1) is 22.1. The van der Waals surface area contributed by atoms with Gasteiger partial charge in [-0.05, 0) is 53.4 Å². The van der Waals surface area contributed by atoms with Crippen LogP contribution in [0.4, 0.5) is 5.69 Å². The molecule has 5 nitrogen and oxygen atoms in total. The van der Waals surface area contributed by atoms with Crippen LogP contribution in [0.25, 0.3) is 10.8 Å². The van der Waals surface area contributed by atoms with Gasteiger partial charge in [-0.25, -0.2) is 8.42 Å². The Morgan fingerprint density at radius 1 is 1.00 bits per heavy atom. The second-order valence-corrected chi connectivity index (χ2v) is 9.54. The van der Waals surface area contributed by atoms with E-state index in [0.29, 0.717) is 23.7 Å². The highest BCUT2D eigenvalue weighted by atomic mass is 35.5. The summed E-state index contributed by atoms with van der Waals surface area (Å²) >= 11 is 5.87. The Morgan fingerprint density at radius 3 is 2.40 bits per heavy atom. The summed E-state index contributed by atoms with van der Waals surface area (Å²) in [6.45, 7) is 0.780. The molecule has 0 unspecified atom stereocenters. The van der Waals surface area contributed by atoms with Crippen LogP contribution < -0.4 is 9.62 Å². The van der Waals surface area contributed by atoms with E-state index >= 15 is 0 Å². The van der Waals surface area contributed by atoms with Crippen molar-refractivity contribution in [1.82, 2.24) is 5.32 Å². The van der Waals surface area contributed by atoms with E-state index in [9.17, 15) is 13.2 Å². The smallest absolute Gasteiger partial charge is 0.232 e. The van der Waals surface area contributed by atoms with Gasteiger partial charge >= 0.3 is 0 Å². The molecule has 0 heterocycles. The van der Waals surface area contributed by atoms with E-state index in [-0.39, 0.29) is 18.9 Å². The number of fused-ring (bicyclic) bond motifs is 1. The fourth-order valence-electron chi connectivity index (χ4n) is 3.29. The quantitative estimate of drug-likeness (QED) is 0.532. The molecule has 3 aromatic rings. The first-order valence-electron chi connectivity index (χ1n) is 9.80. The highest BCUT2D eigenvalue weighted by molar-refractivity contribution is 7.92. The molecule has 0 radical (unpaired) electrons. The fourth-order valence-corrected chi connectivity index (χ4v) is 4.37. The molecule has 30 heavy (non-hydrogen) atoms. The van der Waals surface area contributed by atoms with E-state index < -0.39 is 10.0 Å². The molecule has 0 fully saturated rings. The highest BCUT2D eigenvalue weighted by Gasteiger charge is 2.18. The Kier molecular flexibility index (Phi) is 7.34. The van der Waals surface area contributed by atoms with Gasteiger partial charge in [-0.3, -0.25) is 9.10 Å². The minimum absolute atomic E-state index is 0.0871. The lowest BCUT2D eigenvalue weighted by Crippen LogP contribution is -2.32. The van der Waals surface area contributed by atoms with Crippen molar-refractivity contribution in [1.29, 1.82) is 0 Å². The number of sulfonamides is 1. The van der Waals surface area contributed by atoms with Crippen LogP contribution in [0, 0.1) is 0 Å². The normalized spacial score (nSPS) is 11.4. The van der Waals surface area contributed by atoms with Crippen molar-refractivity contribution in [3.8, 4) is 0 Å². The van der Waals surface area contributed by atoms with E-state index in [1.165, 1.54) is 10.6 Å². The van der Waals surface area contributed by atoms with Crippen molar-refractivity contribution in [3.05, 3.63) is 77.3 Å². The first-order chi connectivity index (χ1) is 14.3. The van der Waals surface area contributed by atoms with E-state index in [0.717, 1.165) is 22.8 Å². The predicted octanol–water partition coefficient (Wildman–Crippen LogP) is 4.40. The molecule has 0 aromatic heterocycles. The third-order valence-corrected chi connectivity index (χ3v) is 6.28. The van der Waals surface area contributed by atoms with E-state index in [4.69, 9.17) is 11.6 Å². The van der Waals surface area contributed by atoms with Crippen molar-refractivity contribution < 1.29 is 13.2 Å². The number of nitrogens with zero attached hydrogens (tertiary/aromatic N) is 1. The Hall–Kier alpha value is -2.57. The number of hydrogen-bond acceptors (Lipinski definition) is 3.